The van der Waals surface area contributed by atoms with Crippen LogP contribution in [0.4, 0.5) is 0 Å². The van der Waals surface area contributed by atoms with Crippen LogP contribution in [0.3, 0.4) is 0 Å². The van der Waals surface area contributed by atoms with Gasteiger partial charge in [-0.3, -0.25) is 4.79 Å². The maximum atomic E-state index is 12.5. The fourth-order valence-electron chi connectivity index (χ4n) is 2.87. The van der Waals surface area contributed by atoms with Gasteiger partial charge in [0.1, 0.15) is 12.1 Å². The first-order valence-electron chi connectivity index (χ1n) is 9.36. The lowest BCUT2D eigenvalue weighted by atomic mass is 10.1. The van der Waals surface area contributed by atoms with Crippen molar-refractivity contribution in [3.05, 3.63) is 48.0 Å². The zero-order valence-electron chi connectivity index (χ0n) is 16.7. The summed E-state index contributed by atoms with van der Waals surface area (Å²) in [7, 11) is 1.61. The largest absolute Gasteiger partial charge is 0.493 e. The minimum absolute atomic E-state index is 0.109. The van der Waals surface area contributed by atoms with Crippen molar-refractivity contribution < 1.29 is 14.3 Å². The molecule has 28 heavy (non-hydrogen) atoms. The highest BCUT2D eigenvalue weighted by Gasteiger charge is 2.15. The van der Waals surface area contributed by atoms with Crippen LogP contribution in [0, 0.1) is 5.92 Å². The molecule has 1 N–H and O–H groups in total. The first-order chi connectivity index (χ1) is 13.5. The smallest absolute Gasteiger partial charge is 0.242 e. The summed E-state index contributed by atoms with van der Waals surface area (Å²) in [6.45, 7) is 6.85. The Hall–Kier alpha value is -3.09. The molecule has 0 aliphatic rings. The summed E-state index contributed by atoms with van der Waals surface area (Å²) in [6.07, 6.45) is 0. The lowest BCUT2D eigenvalue weighted by Crippen LogP contribution is -2.30. The molecule has 2 aromatic carbocycles. The molecule has 1 heterocycles. The third-order valence-electron chi connectivity index (χ3n) is 4.35. The monoisotopic (exact) mass is 382 g/mol. The highest BCUT2D eigenvalue weighted by Crippen LogP contribution is 2.30. The number of fused-ring (bicyclic) bond motifs is 1. The van der Waals surface area contributed by atoms with Crippen molar-refractivity contribution in [3.63, 3.8) is 0 Å². The summed E-state index contributed by atoms with van der Waals surface area (Å²) in [5.74, 6) is 1.65. The van der Waals surface area contributed by atoms with Crippen LogP contribution in [0.1, 0.15) is 32.4 Å². The number of aromatic nitrogens is 3. The molecule has 1 unspecified atom stereocenters. The van der Waals surface area contributed by atoms with Gasteiger partial charge in [-0.15, -0.1) is 5.10 Å². The van der Waals surface area contributed by atoms with E-state index in [1.165, 1.54) is 0 Å². The van der Waals surface area contributed by atoms with E-state index in [0.717, 1.165) is 16.6 Å². The molecular weight excluding hydrogens is 356 g/mol. The van der Waals surface area contributed by atoms with E-state index in [2.05, 4.69) is 29.5 Å². The summed E-state index contributed by atoms with van der Waals surface area (Å²) in [4.78, 5) is 12.5. The molecule has 0 radical (unpaired) electrons. The standard InChI is InChI=1S/C21H26N4O3/c1-14(2)13-28-19-10-9-16(11-20(19)27-4)15(3)22-21(26)12-25-18-8-6-5-7-17(18)23-24-25/h5-11,14-15H,12-13H2,1-4H3,(H,22,26). The van der Waals surface area contributed by atoms with Crippen LogP contribution in [-0.2, 0) is 11.3 Å². The number of amides is 1. The number of carbonyl (C=O) groups is 1. The van der Waals surface area contributed by atoms with Crippen molar-refractivity contribution in [2.45, 2.75) is 33.4 Å². The van der Waals surface area contributed by atoms with Gasteiger partial charge in [-0.05, 0) is 42.7 Å². The van der Waals surface area contributed by atoms with E-state index in [1.807, 2.05) is 49.4 Å². The molecule has 0 bridgehead atoms. The predicted octanol–water partition coefficient (Wildman–Crippen LogP) is 3.35. The van der Waals surface area contributed by atoms with E-state index in [-0.39, 0.29) is 18.5 Å². The number of nitrogens with one attached hydrogen (secondary N) is 1. The Bertz CT molecular complexity index is 952. The highest BCUT2D eigenvalue weighted by molar-refractivity contribution is 5.80. The predicted molar refractivity (Wildman–Crippen MR) is 107 cm³/mol. The summed E-state index contributed by atoms with van der Waals surface area (Å²) < 4.78 is 12.8. The molecule has 0 saturated heterocycles. The molecule has 0 aliphatic heterocycles. The van der Waals surface area contributed by atoms with Crippen LogP contribution in [0.25, 0.3) is 11.0 Å². The number of nitrogens with zero attached hydrogens (tertiary/aromatic N) is 3. The summed E-state index contributed by atoms with van der Waals surface area (Å²) in [5, 5.41) is 11.1. The minimum Gasteiger partial charge on any atom is -0.493 e. The van der Waals surface area contributed by atoms with Gasteiger partial charge in [0.05, 0.1) is 25.3 Å². The maximum absolute atomic E-state index is 12.5. The second-order valence-corrected chi connectivity index (χ2v) is 7.14. The SMILES string of the molecule is COc1cc(C(C)NC(=O)Cn2nnc3ccccc32)ccc1OCC(C)C. The van der Waals surface area contributed by atoms with Crippen molar-refractivity contribution in [1.29, 1.82) is 0 Å². The minimum atomic E-state index is -0.185. The molecule has 0 fully saturated rings. The van der Waals surface area contributed by atoms with E-state index in [0.29, 0.717) is 24.0 Å². The summed E-state index contributed by atoms with van der Waals surface area (Å²) in [5.41, 5.74) is 2.54. The fourth-order valence-corrected chi connectivity index (χ4v) is 2.87. The van der Waals surface area contributed by atoms with Crippen molar-refractivity contribution >= 4 is 16.9 Å². The third kappa shape index (κ3) is 4.60. The Morgan fingerprint density at radius 1 is 1.14 bits per heavy atom. The second-order valence-electron chi connectivity index (χ2n) is 7.14. The number of benzene rings is 2. The van der Waals surface area contributed by atoms with Gasteiger partial charge in [0.15, 0.2) is 11.5 Å². The van der Waals surface area contributed by atoms with E-state index in [9.17, 15) is 4.79 Å². The van der Waals surface area contributed by atoms with Gasteiger partial charge < -0.3 is 14.8 Å². The lowest BCUT2D eigenvalue weighted by molar-refractivity contribution is -0.122. The van der Waals surface area contributed by atoms with Crippen molar-refractivity contribution in [3.8, 4) is 11.5 Å². The molecule has 1 atom stereocenters. The first kappa shape index (κ1) is 19.7. The third-order valence-corrected chi connectivity index (χ3v) is 4.35. The molecule has 0 saturated carbocycles. The summed E-state index contributed by atoms with van der Waals surface area (Å²) >= 11 is 0. The molecule has 148 valence electrons. The first-order valence-corrected chi connectivity index (χ1v) is 9.36. The van der Waals surface area contributed by atoms with Crippen LogP contribution in [0.2, 0.25) is 0 Å². The molecule has 0 aliphatic carbocycles. The number of para-hydroxylation sites is 1. The molecule has 7 nitrogen and oxygen atoms in total. The van der Waals surface area contributed by atoms with Gasteiger partial charge >= 0.3 is 0 Å². The van der Waals surface area contributed by atoms with Crippen LogP contribution >= 0.6 is 0 Å². The molecule has 7 heteroatoms. The zero-order valence-corrected chi connectivity index (χ0v) is 16.7. The molecule has 0 spiro atoms. The Morgan fingerprint density at radius 2 is 1.93 bits per heavy atom. The van der Waals surface area contributed by atoms with Crippen molar-refractivity contribution in [2.75, 3.05) is 13.7 Å². The van der Waals surface area contributed by atoms with Crippen LogP contribution in [-0.4, -0.2) is 34.6 Å². The second kappa shape index (κ2) is 8.73. The molecule has 1 amide bonds. The molecular formula is C21H26N4O3. The van der Waals surface area contributed by atoms with Gasteiger partial charge in [0.2, 0.25) is 5.91 Å². The Labute approximate surface area is 164 Å². The zero-order chi connectivity index (χ0) is 20.1. The average molecular weight is 382 g/mol. The fraction of sp³-hybridized carbons (Fsp3) is 0.381. The number of ether oxygens (including phenoxy) is 2. The van der Waals surface area contributed by atoms with Gasteiger partial charge in [0.25, 0.3) is 0 Å². The van der Waals surface area contributed by atoms with E-state index in [4.69, 9.17) is 9.47 Å². The van der Waals surface area contributed by atoms with E-state index < -0.39 is 0 Å². The normalized spacial score (nSPS) is 12.2. The van der Waals surface area contributed by atoms with E-state index >= 15 is 0 Å². The van der Waals surface area contributed by atoms with Gasteiger partial charge in [-0.25, -0.2) is 4.68 Å². The number of methoxy groups -OCH3 is 1. The Morgan fingerprint density at radius 3 is 2.68 bits per heavy atom. The highest BCUT2D eigenvalue weighted by atomic mass is 16.5. The topological polar surface area (TPSA) is 78.3 Å². The van der Waals surface area contributed by atoms with Crippen LogP contribution < -0.4 is 14.8 Å². The van der Waals surface area contributed by atoms with Crippen LogP contribution in [0.5, 0.6) is 11.5 Å². The van der Waals surface area contributed by atoms with Crippen molar-refractivity contribution in [2.24, 2.45) is 5.92 Å². The quantitative estimate of drug-likeness (QED) is 0.646. The molecule has 3 aromatic rings. The van der Waals surface area contributed by atoms with E-state index in [1.54, 1.807) is 11.8 Å². The number of carbonyl (C=O) groups excluding carboxylic acids is 1. The van der Waals surface area contributed by atoms with Gasteiger partial charge in [0, 0.05) is 0 Å². The molecule has 3 rings (SSSR count). The average Bonchev–Trinajstić information content (AvgIpc) is 3.09. The van der Waals surface area contributed by atoms with Crippen LogP contribution in [0.15, 0.2) is 42.5 Å². The van der Waals surface area contributed by atoms with Gasteiger partial charge in [-0.2, -0.15) is 0 Å². The van der Waals surface area contributed by atoms with Gasteiger partial charge in [-0.1, -0.05) is 37.3 Å². The molecule has 1 aromatic heterocycles. The Kier molecular flexibility index (Phi) is 6.13. The summed E-state index contributed by atoms with van der Waals surface area (Å²) in [6, 6.07) is 13.1. The Balaban J connectivity index is 1.66. The number of hydrogen-bond acceptors (Lipinski definition) is 5. The number of rotatable bonds is 8. The lowest BCUT2D eigenvalue weighted by Gasteiger charge is -2.18. The maximum Gasteiger partial charge on any atom is 0.242 e. The van der Waals surface area contributed by atoms with Crippen molar-refractivity contribution in [1.82, 2.24) is 20.3 Å². The number of hydrogen-bond donors (Lipinski definition) is 1.